The molecule has 2 aromatic carbocycles. The quantitative estimate of drug-likeness (QED) is 0.668. The van der Waals surface area contributed by atoms with Crippen molar-refractivity contribution in [2.75, 3.05) is 11.5 Å². The number of sulfone groups is 1. The van der Waals surface area contributed by atoms with E-state index in [1.807, 2.05) is 24.3 Å². The largest absolute Gasteiger partial charge is 0.507 e. The first-order valence-corrected chi connectivity index (χ1v) is 12.5. The maximum Gasteiger partial charge on any atom is 0.410 e. The van der Waals surface area contributed by atoms with Gasteiger partial charge < -0.3 is 9.84 Å². The standard InChI is InChI=1S/C24H27NO6S/c1-15(2)18-5-3-4-17(10-18)11-25-21-14-32(29,30)13-20(23(21)31-24(25)28)9-16-6-7-22(27)19(8-16)12-26/h3-8,10,12,15,20-21,23,27H,9,11,13-14H2,1-2H3/t20-,21+,23+/m1/s1. The number of benzene rings is 2. The topological polar surface area (TPSA) is 101 Å². The van der Waals surface area contributed by atoms with Gasteiger partial charge in [0.2, 0.25) is 0 Å². The third-order valence-electron chi connectivity index (χ3n) is 6.30. The summed E-state index contributed by atoms with van der Waals surface area (Å²) in [5.41, 5.74) is 2.94. The number of rotatable bonds is 6. The number of aromatic hydroxyl groups is 1. The number of carbonyl (C=O) groups is 2. The molecular weight excluding hydrogens is 430 g/mol. The first-order chi connectivity index (χ1) is 15.2. The molecule has 1 N–H and O–H groups in total. The monoisotopic (exact) mass is 457 g/mol. The lowest BCUT2D eigenvalue weighted by Gasteiger charge is -2.34. The Bertz CT molecular complexity index is 1140. The van der Waals surface area contributed by atoms with Crippen LogP contribution < -0.4 is 0 Å². The van der Waals surface area contributed by atoms with E-state index >= 15 is 0 Å². The number of hydrogen-bond donors (Lipinski definition) is 1. The molecule has 2 fully saturated rings. The second-order valence-electron chi connectivity index (χ2n) is 9.00. The van der Waals surface area contributed by atoms with E-state index in [1.165, 1.54) is 11.0 Å². The van der Waals surface area contributed by atoms with E-state index in [4.69, 9.17) is 4.74 Å². The number of aldehydes is 1. The van der Waals surface area contributed by atoms with Gasteiger partial charge in [-0.15, -0.1) is 0 Å². The van der Waals surface area contributed by atoms with Crippen LogP contribution in [0.4, 0.5) is 4.79 Å². The molecule has 0 unspecified atom stereocenters. The zero-order valence-corrected chi connectivity index (χ0v) is 18.9. The molecule has 170 valence electrons. The van der Waals surface area contributed by atoms with Crippen molar-refractivity contribution < 1.29 is 27.9 Å². The summed E-state index contributed by atoms with van der Waals surface area (Å²) in [5.74, 6) is -0.429. The Morgan fingerprint density at radius 3 is 2.66 bits per heavy atom. The van der Waals surface area contributed by atoms with Gasteiger partial charge in [0, 0.05) is 12.5 Å². The Kier molecular flexibility index (Phi) is 5.99. The highest BCUT2D eigenvalue weighted by Crippen LogP contribution is 2.35. The smallest absolute Gasteiger partial charge is 0.410 e. The zero-order valence-electron chi connectivity index (χ0n) is 18.1. The summed E-state index contributed by atoms with van der Waals surface area (Å²) in [6.45, 7) is 4.48. The van der Waals surface area contributed by atoms with Crippen LogP contribution in [0.1, 0.15) is 46.8 Å². The Hall–Kier alpha value is -2.87. The van der Waals surface area contributed by atoms with Crippen LogP contribution in [-0.4, -0.2) is 54.5 Å². The van der Waals surface area contributed by atoms with Crippen LogP contribution in [0.2, 0.25) is 0 Å². The highest BCUT2D eigenvalue weighted by molar-refractivity contribution is 7.91. The number of carbonyl (C=O) groups excluding carboxylic acids is 2. The van der Waals surface area contributed by atoms with Gasteiger partial charge in [0.25, 0.3) is 0 Å². The van der Waals surface area contributed by atoms with Gasteiger partial charge in [-0.3, -0.25) is 9.69 Å². The van der Waals surface area contributed by atoms with E-state index in [0.29, 0.717) is 24.2 Å². The van der Waals surface area contributed by atoms with Crippen LogP contribution in [0.15, 0.2) is 42.5 Å². The molecule has 3 atom stereocenters. The van der Waals surface area contributed by atoms with Crippen molar-refractivity contribution >= 4 is 22.2 Å². The van der Waals surface area contributed by atoms with Gasteiger partial charge in [-0.05, 0) is 41.2 Å². The lowest BCUT2D eigenvalue weighted by Crippen LogP contribution is -2.51. The van der Waals surface area contributed by atoms with Crippen molar-refractivity contribution in [3.63, 3.8) is 0 Å². The molecule has 2 aliphatic heterocycles. The second kappa shape index (κ2) is 8.58. The Labute approximate surface area is 187 Å². The highest BCUT2D eigenvalue weighted by Gasteiger charge is 2.51. The van der Waals surface area contributed by atoms with E-state index in [2.05, 4.69) is 13.8 Å². The minimum Gasteiger partial charge on any atom is -0.507 e. The third-order valence-corrected chi connectivity index (χ3v) is 8.08. The molecule has 2 aromatic rings. The predicted octanol–water partition coefficient (Wildman–Crippen LogP) is 3.30. The molecule has 4 rings (SSSR count). The van der Waals surface area contributed by atoms with Gasteiger partial charge in [-0.25, -0.2) is 13.2 Å². The number of fused-ring (bicyclic) bond motifs is 1. The normalized spacial score (nSPS) is 24.3. The molecule has 2 heterocycles. The summed E-state index contributed by atoms with van der Waals surface area (Å²) < 4.78 is 31.1. The number of ether oxygens (including phenoxy) is 1. The van der Waals surface area contributed by atoms with Crippen molar-refractivity contribution in [1.82, 2.24) is 4.90 Å². The summed E-state index contributed by atoms with van der Waals surface area (Å²) in [5, 5.41) is 9.73. The number of hydrogen-bond acceptors (Lipinski definition) is 6. The minimum absolute atomic E-state index is 0.0879. The summed E-state index contributed by atoms with van der Waals surface area (Å²) in [7, 11) is -3.39. The summed E-state index contributed by atoms with van der Waals surface area (Å²) >= 11 is 0. The molecular formula is C24H27NO6S. The van der Waals surface area contributed by atoms with Crippen LogP contribution in [0.25, 0.3) is 0 Å². The fraction of sp³-hybridized carbons (Fsp3) is 0.417. The minimum atomic E-state index is -3.39. The zero-order chi connectivity index (χ0) is 23.0. The van der Waals surface area contributed by atoms with Gasteiger partial charge >= 0.3 is 6.09 Å². The van der Waals surface area contributed by atoms with E-state index < -0.39 is 34.0 Å². The SMILES string of the molecule is CC(C)c1cccc(CN2C(=O)O[C@H]3[C@H](Cc4ccc(O)c(C=O)c4)CS(=O)(=O)C[C@@H]32)c1. The van der Waals surface area contributed by atoms with Gasteiger partial charge in [0.1, 0.15) is 11.9 Å². The number of phenolic OH excluding ortho intramolecular Hbond substituents is 1. The summed E-state index contributed by atoms with van der Waals surface area (Å²) in [6.07, 6.45) is -0.169. The van der Waals surface area contributed by atoms with Crippen LogP contribution in [0.5, 0.6) is 5.75 Å². The average molecular weight is 458 g/mol. The van der Waals surface area contributed by atoms with E-state index in [1.54, 1.807) is 12.1 Å². The van der Waals surface area contributed by atoms with Crippen LogP contribution >= 0.6 is 0 Å². The molecule has 8 heteroatoms. The number of nitrogens with zero attached hydrogens (tertiary/aromatic N) is 1. The Morgan fingerprint density at radius 2 is 1.94 bits per heavy atom. The number of phenols is 1. The number of amides is 1. The summed E-state index contributed by atoms with van der Waals surface area (Å²) in [4.78, 5) is 25.4. The van der Waals surface area contributed by atoms with Crippen molar-refractivity contribution in [2.24, 2.45) is 5.92 Å². The average Bonchev–Trinajstić information content (AvgIpc) is 3.04. The van der Waals surface area contributed by atoms with Crippen molar-refractivity contribution in [1.29, 1.82) is 0 Å². The molecule has 7 nitrogen and oxygen atoms in total. The lowest BCUT2D eigenvalue weighted by atomic mass is 9.90. The molecule has 2 saturated heterocycles. The van der Waals surface area contributed by atoms with Crippen molar-refractivity contribution in [3.8, 4) is 5.75 Å². The third kappa shape index (κ3) is 4.50. The summed E-state index contributed by atoms with van der Waals surface area (Å²) in [6, 6.07) is 12.0. The highest BCUT2D eigenvalue weighted by atomic mass is 32.2. The van der Waals surface area contributed by atoms with Gasteiger partial charge in [0.15, 0.2) is 16.1 Å². The van der Waals surface area contributed by atoms with E-state index in [-0.39, 0.29) is 29.4 Å². The fourth-order valence-electron chi connectivity index (χ4n) is 4.65. The van der Waals surface area contributed by atoms with Crippen LogP contribution in [0, 0.1) is 5.92 Å². The van der Waals surface area contributed by atoms with Gasteiger partial charge in [-0.2, -0.15) is 0 Å². The molecule has 2 aliphatic rings. The molecule has 0 aromatic heterocycles. The van der Waals surface area contributed by atoms with Crippen LogP contribution in [0.3, 0.4) is 0 Å². The maximum absolute atomic E-state index is 12.7. The van der Waals surface area contributed by atoms with Crippen LogP contribution in [-0.2, 0) is 27.5 Å². The Balaban J connectivity index is 1.59. The van der Waals surface area contributed by atoms with Crippen molar-refractivity contribution in [3.05, 3.63) is 64.7 Å². The molecule has 0 aliphatic carbocycles. The molecule has 32 heavy (non-hydrogen) atoms. The van der Waals surface area contributed by atoms with E-state index in [9.17, 15) is 23.1 Å². The molecule has 0 saturated carbocycles. The molecule has 0 bridgehead atoms. The first-order valence-electron chi connectivity index (χ1n) is 10.7. The molecule has 0 radical (unpaired) electrons. The van der Waals surface area contributed by atoms with Crippen molar-refractivity contribution in [2.45, 2.75) is 44.9 Å². The molecule has 1 amide bonds. The Morgan fingerprint density at radius 1 is 1.16 bits per heavy atom. The molecule has 0 spiro atoms. The van der Waals surface area contributed by atoms with Gasteiger partial charge in [-0.1, -0.05) is 44.2 Å². The predicted molar refractivity (Wildman–Crippen MR) is 119 cm³/mol. The van der Waals surface area contributed by atoms with Gasteiger partial charge in [0.05, 0.1) is 23.1 Å². The fourth-order valence-corrected chi connectivity index (χ4v) is 6.64. The van der Waals surface area contributed by atoms with E-state index in [0.717, 1.165) is 11.1 Å². The maximum atomic E-state index is 12.7. The first kappa shape index (κ1) is 22.3. The lowest BCUT2D eigenvalue weighted by molar-refractivity contribution is 0.0970. The second-order valence-corrected chi connectivity index (χ2v) is 11.1.